The van der Waals surface area contributed by atoms with Gasteiger partial charge in [0.2, 0.25) is 0 Å². The van der Waals surface area contributed by atoms with Crippen molar-refractivity contribution in [3.05, 3.63) is 64.7 Å². The van der Waals surface area contributed by atoms with Gasteiger partial charge in [-0.1, -0.05) is 30.3 Å². The lowest BCUT2D eigenvalue weighted by molar-refractivity contribution is -0.384. The molecule has 0 radical (unpaired) electrons. The van der Waals surface area contributed by atoms with E-state index >= 15 is 0 Å². The molecule has 0 aliphatic rings. The number of rotatable bonds is 6. The highest BCUT2D eigenvalue weighted by atomic mass is 16.6. The molecule has 0 aliphatic heterocycles. The van der Waals surface area contributed by atoms with Gasteiger partial charge in [-0.3, -0.25) is 10.1 Å². The number of nitro groups is 1. The number of benzene rings is 2. The van der Waals surface area contributed by atoms with Crippen molar-refractivity contribution in [1.82, 2.24) is 0 Å². The first-order valence-electron chi connectivity index (χ1n) is 5.92. The summed E-state index contributed by atoms with van der Waals surface area (Å²) in [5, 5.41) is 13.8. The summed E-state index contributed by atoms with van der Waals surface area (Å²) in [6.45, 7) is 0.940. The van der Waals surface area contributed by atoms with Crippen LogP contribution in [-0.4, -0.2) is 18.1 Å². The minimum atomic E-state index is -0.402. The third-order valence-electron chi connectivity index (χ3n) is 2.53. The van der Waals surface area contributed by atoms with Crippen molar-refractivity contribution in [3.8, 4) is 5.75 Å². The van der Waals surface area contributed by atoms with Crippen molar-refractivity contribution < 1.29 is 9.66 Å². The minimum absolute atomic E-state index is 0.0715. The second kappa shape index (κ2) is 6.39. The first kappa shape index (κ1) is 12.9. The number of ether oxygens (including phenoxy) is 1. The van der Waals surface area contributed by atoms with E-state index in [0.29, 0.717) is 18.8 Å². The molecule has 2 aromatic carbocycles. The van der Waals surface area contributed by atoms with E-state index in [1.54, 1.807) is 18.2 Å². The standard InChI is InChI=1S/C14H14N2O3/c17-16(18)14-9-5-4-8-13(14)15-10-11-19-12-6-2-1-3-7-12/h1-9,15H,10-11H2. The van der Waals surface area contributed by atoms with Crippen molar-refractivity contribution >= 4 is 11.4 Å². The number of hydrogen-bond acceptors (Lipinski definition) is 4. The topological polar surface area (TPSA) is 64.4 Å². The maximum atomic E-state index is 10.8. The number of para-hydroxylation sites is 3. The van der Waals surface area contributed by atoms with Gasteiger partial charge in [0.25, 0.3) is 5.69 Å². The van der Waals surface area contributed by atoms with E-state index in [-0.39, 0.29) is 5.69 Å². The van der Waals surface area contributed by atoms with Crippen LogP contribution in [0.3, 0.4) is 0 Å². The van der Waals surface area contributed by atoms with Crippen LogP contribution in [-0.2, 0) is 0 Å². The summed E-state index contributed by atoms with van der Waals surface area (Å²) in [7, 11) is 0. The predicted octanol–water partition coefficient (Wildman–Crippen LogP) is 3.09. The average molecular weight is 258 g/mol. The Hall–Kier alpha value is -2.56. The Morgan fingerprint density at radius 2 is 1.74 bits per heavy atom. The lowest BCUT2D eigenvalue weighted by Crippen LogP contribution is -2.12. The van der Waals surface area contributed by atoms with Gasteiger partial charge in [-0.25, -0.2) is 0 Å². The van der Waals surface area contributed by atoms with Crippen molar-refractivity contribution in [2.24, 2.45) is 0 Å². The summed E-state index contributed by atoms with van der Waals surface area (Å²) in [6.07, 6.45) is 0. The summed E-state index contributed by atoms with van der Waals surface area (Å²) in [5.41, 5.74) is 0.575. The van der Waals surface area contributed by atoms with Crippen LogP contribution in [0.4, 0.5) is 11.4 Å². The molecule has 0 heterocycles. The molecule has 0 atom stereocenters. The Bertz CT molecular complexity index is 543. The van der Waals surface area contributed by atoms with Crippen LogP contribution in [0.5, 0.6) is 5.75 Å². The van der Waals surface area contributed by atoms with Crippen molar-refractivity contribution in [2.75, 3.05) is 18.5 Å². The number of nitrogens with zero attached hydrogens (tertiary/aromatic N) is 1. The molecular formula is C14H14N2O3. The average Bonchev–Trinajstić information content (AvgIpc) is 2.45. The van der Waals surface area contributed by atoms with Gasteiger partial charge in [0.05, 0.1) is 4.92 Å². The Morgan fingerprint density at radius 3 is 2.47 bits per heavy atom. The quantitative estimate of drug-likeness (QED) is 0.491. The molecule has 0 saturated carbocycles. The Balaban J connectivity index is 1.85. The first-order chi connectivity index (χ1) is 9.27. The van der Waals surface area contributed by atoms with Crippen LogP contribution in [0.25, 0.3) is 0 Å². The normalized spacial score (nSPS) is 9.89. The number of hydrogen-bond donors (Lipinski definition) is 1. The maximum Gasteiger partial charge on any atom is 0.292 e. The van der Waals surface area contributed by atoms with Crippen LogP contribution in [0.1, 0.15) is 0 Å². The predicted molar refractivity (Wildman–Crippen MR) is 73.5 cm³/mol. The zero-order chi connectivity index (χ0) is 13.5. The molecular weight excluding hydrogens is 244 g/mol. The Labute approximate surface area is 111 Å². The van der Waals surface area contributed by atoms with E-state index in [0.717, 1.165) is 5.75 Å². The molecule has 5 heteroatoms. The smallest absolute Gasteiger partial charge is 0.292 e. The minimum Gasteiger partial charge on any atom is -0.492 e. The largest absolute Gasteiger partial charge is 0.492 e. The van der Waals surface area contributed by atoms with Gasteiger partial charge in [-0.15, -0.1) is 0 Å². The molecule has 0 aromatic heterocycles. The molecule has 0 fully saturated rings. The molecule has 0 amide bonds. The van der Waals surface area contributed by atoms with Gasteiger partial charge in [0, 0.05) is 12.6 Å². The highest BCUT2D eigenvalue weighted by Gasteiger charge is 2.11. The molecule has 5 nitrogen and oxygen atoms in total. The zero-order valence-electron chi connectivity index (χ0n) is 10.3. The summed E-state index contributed by atoms with van der Waals surface area (Å²) < 4.78 is 5.50. The van der Waals surface area contributed by atoms with E-state index in [9.17, 15) is 10.1 Å². The van der Waals surface area contributed by atoms with Crippen LogP contribution in [0.15, 0.2) is 54.6 Å². The van der Waals surface area contributed by atoms with E-state index in [1.807, 2.05) is 30.3 Å². The molecule has 0 saturated heterocycles. The molecule has 2 aromatic rings. The lowest BCUT2D eigenvalue weighted by atomic mass is 10.2. The summed E-state index contributed by atoms with van der Waals surface area (Å²) in [6, 6.07) is 16.0. The molecule has 0 bridgehead atoms. The zero-order valence-corrected chi connectivity index (χ0v) is 10.3. The van der Waals surface area contributed by atoms with E-state index in [2.05, 4.69) is 5.32 Å². The summed E-state index contributed by atoms with van der Waals surface area (Å²) >= 11 is 0. The number of nitrogens with one attached hydrogen (secondary N) is 1. The third kappa shape index (κ3) is 3.70. The van der Waals surface area contributed by atoms with E-state index in [1.165, 1.54) is 6.07 Å². The monoisotopic (exact) mass is 258 g/mol. The fourth-order valence-electron chi connectivity index (χ4n) is 1.65. The highest BCUT2D eigenvalue weighted by Crippen LogP contribution is 2.22. The fourth-order valence-corrected chi connectivity index (χ4v) is 1.65. The van der Waals surface area contributed by atoms with Gasteiger partial charge < -0.3 is 10.1 Å². The third-order valence-corrected chi connectivity index (χ3v) is 2.53. The van der Waals surface area contributed by atoms with Crippen LogP contribution >= 0.6 is 0 Å². The van der Waals surface area contributed by atoms with Gasteiger partial charge in [0.15, 0.2) is 0 Å². The SMILES string of the molecule is O=[N+]([O-])c1ccccc1NCCOc1ccccc1. The maximum absolute atomic E-state index is 10.8. The van der Waals surface area contributed by atoms with Crippen molar-refractivity contribution in [1.29, 1.82) is 0 Å². The van der Waals surface area contributed by atoms with E-state index in [4.69, 9.17) is 4.74 Å². The molecule has 2 rings (SSSR count). The number of anilines is 1. The molecule has 0 spiro atoms. The van der Waals surface area contributed by atoms with Crippen LogP contribution < -0.4 is 10.1 Å². The molecule has 19 heavy (non-hydrogen) atoms. The molecule has 98 valence electrons. The Morgan fingerprint density at radius 1 is 1.05 bits per heavy atom. The Kier molecular flexibility index (Phi) is 4.34. The second-order valence-corrected chi connectivity index (χ2v) is 3.86. The van der Waals surface area contributed by atoms with Gasteiger partial charge in [0.1, 0.15) is 18.0 Å². The number of nitro benzene ring substituents is 1. The van der Waals surface area contributed by atoms with Crippen LogP contribution in [0, 0.1) is 10.1 Å². The summed E-state index contributed by atoms with van der Waals surface area (Å²) in [4.78, 5) is 10.4. The van der Waals surface area contributed by atoms with Crippen molar-refractivity contribution in [3.63, 3.8) is 0 Å². The van der Waals surface area contributed by atoms with E-state index < -0.39 is 4.92 Å². The fraction of sp³-hybridized carbons (Fsp3) is 0.143. The molecule has 0 aliphatic carbocycles. The van der Waals surface area contributed by atoms with Crippen LogP contribution in [0.2, 0.25) is 0 Å². The molecule has 1 N–H and O–H groups in total. The van der Waals surface area contributed by atoms with Gasteiger partial charge >= 0.3 is 0 Å². The molecule has 0 unspecified atom stereocenters. The highest BCUT2D eigenvalue weighted by molar-refractivity contribution is 5.60. The first-order valence-corrected chi connectivity index (χ1v) is 5.92. The lowest BCUT2D eigenvalue weighted by Gasteiger charge is -2.08. The van der Waals surface area contributed by atoms with Gasteiger partial charge in [-0.05, 0) is 18.2 Å². The second-order valence-electron chi connectivity index (χ2n) is 3.86. The van der Waals surface area contributed by atoms with Gasteiger partial charge in [-0.2, -0.15) is 0 Å². The van der Waals surface area contributed by atoms with Crippen molar-refractivity contribution in [2.45, 2.75) is 0 Å². The summed E-state index contributed by atoms with van der Waals surface area (Å²) in [5.74, 6) is 0.784.